The Kier molecular flexibility index (Phi) is 9.17. The van der Waals surface area contributed by atoms with Gasteiger partial charge in [0.15, 0.2) is 0 Å². The molecule has 0 saturated carbocycles. The Morgan fingerprint density at radius 3 is 0.957 bits per heavy atom. The summed E-state index contributed by atoms with van der Waals surface area (Å²) in [6.45, 7) is 0. The van der Waals surface area contributed by atoms with Crippen molar-refractivity contribution in [1.82, 2.24) is 39.9 Å². The monoisotopic (exact) mass is 664 g/mol. The molecule has 0 aliphatic rings. The van der Waals surface area contributed by atoms with Crippen molar-refractivity contribution in [2.45, 2.75) is 0 Å². The third kappa shape index (κ3) is 6.52. The van der Waals surface area contributed by atoms with Gasteiger partial charge in [0.25, 0.3) is 0 Å². The van der Waals surface area contributed by atoms with E-state index in [-0.39, 0.29) is 31.0 Å². The average Bonchev–Trinajstić information content (AvgIpc) is 3.13. The molecule has 10 nitrogen and oxygen atoms in total. The first kappa shape index (κ1) is 30.9. The van der Waals surface area contributed by atoms with E-state index in [0.717, 1.165) is 0 Å². The van der Waals surface area contributed by atoms with E-state index in [4.69, 9.17) is 0 Å². The van der Waals surface area contributed by atoms with E-state index >= 15 is 0 Å². The van der Waals surface area contributed by atoms with E-state index in [1.54, 1.807) is 49.1 Å². The van der Waals surface area contributed by atoms with Crippen LogP contribution in [0.5, 0.6) is 11.5 Å². The number of fused-ring (bicyclic) bond motifs is 2. The number of hydrogen-bond donors (Lipinski definition) is 2. The fourth-order valence-electron chi connectivity index (χ4n) is 4.85. The Morgan fingerprint density at radius 1 is 0.340 bits per heavy atom. The second-order valence-electron chi connectivity index (χ2n) is 9.99. The van der Waals surface area contributed by atoms with Crippen LogP contribution in [0.4, 0.5) is 0 Å². The van der Waals surface area contributed by atoms with Crippen LogP contribution >= 0.6 is 0 Å². The van der Waals surface area contributed by atoms with Crippen molar-refractivity contribution < 1.29 is 29.7 Å². The van der Waals surface area contributed by atoms with Gasteiger partial charge in [-0.1, -0.05) is 36.4 Å². The number of nitrogens with zero attached hydrogens (tertiary/aromatic N) is 8. The number of aromatic nitrogens is 8. The summed E-state index contributed by atoms with van der Waals surface area (Å²) in [5.74, 6) is 0.194. The molecule has 11 heteroatoms. The second-order valence-corrected chi connectivity index (χ2v) is 9.99. The zero-order chi connectivity index (χ0) is 31.3. The molecule has 0 aliphatic carbocycles. The van der Waals surface area contributed by atoms with Crippen LogP contribution in [0.1, 0.15) is 0 Å². The van der Waals surface area contributed by atoms with Gasteiger partial charge in [0.1, 0.15) is 45.3 Å². The van der Waals surface area contributed by atoms with Crippen molar-refractivity contribution in [2.75, 3.05) is 0 Å². The van der Waals surface area contributed by atoms with Crippen LogP contribution in [0.25, 0.3) is 67.6 Å². The fourth-order valence-corrected chi connectivity index (χ4v) is 4.85. The molecule has 0 bridgehead atoms. The third-order valence-corrected chi connectivity index (χ3v) is 6.98. The summed E-state index contributed by atoms with van der Waals surface area (Å²) < 4.78 is 0. The number of aromatic hydroxyl groups is 2. The van der Waals surface area contributed by atoms with E-state index in [9.17, 15) is 10.2 Å². The van der Waals surface area contributed by atoms with Gasteiger partial charge in [-0.15, -0.1) is 0 Å². The van der Waals surface area contributed by atoms with Gasteiger partial charge < -0.3 is 10.2 Å². The molecule has 0 aliphatic heterocycles. The molecule has 0 spiro atoms. The molecule has 0 amide bonds. The van der Waals surface area contributed by atoms with Crippen molar-refractivity contribution in [3.05, 3.63) is 134 Å². The standard InChI is InChI=1S/2C18H12N4O.Zn/c2*23-15-9-5-8-14-16(15)22-18(13-7-2-4-11-20-13)17(21-14)12-6-1-3-10-19-12;/h2*1-11,23H;. The van der Waals surface area contributed by atoms with Crippen molar-refractivity contribution in [3.63, 3.8) is 0 Å². The Hall–Kier alpha value is -6.06. The number of rotatable bonds is 4. The van der Waals surface area contributed by atoms with Gasteiger partial charge in [-0.3, -0.25) is 19.9 Å². The molecule has 6 heterocycles. The molecule has 2 N–H and O–H groups in total. The third-order valence-electron chi connectivity index (χ3n) is 6.98. The molecule has 0 unspecified atom stereocenters. The van der Waals surface area contributed by atoms with Gasteiger partial charge >= 0.3 is 0 Å². The van der Waals surface area contributed by atoms with E-state index in [0.29, 0.717) is 67.6 Å². The summed E-state index contributed by atoms with van der Waals surface area (Å²) >= 11 is 0. The molecule has 8 rings (SSSR count). The molecular formula is C36H24N8O2Zn. The first-order chi connectivity index (χ1) is 22.7. The molecule has 6 aromatic heterocycles. The van der Waals surface area contributed by atoms with Crippen LogP contribution in [0.3, 0.4) is 0 Å². The normalized spacial score (nSPS) is 10.6. The van der Waals surface area contributed by atoms with Crippen molar-refractivity contribution in [1.29, 1.82) is 0 Å². The van der Waals surface area contributed by atoms with E-state index < -0.39 is 0 Å². The minimum Gasteiger partial charge on any atom is -0.506 e. The summed E-state index contributed by atoms with van der Waals surface area (Å²) in [7, 11) is 0. The van der Waals surface area contributed by atoms with Gasteiger partial charge in [0.2, 0.25) is 0 Å². The zero-order valence-electron chi connectivity index (χ0n) is 24.9. The van der Waals surface area contributed by atoms with Crippen LogP contribution < -0.4 is 0 Å². The van der Waals surface area contributed by atoms with Crippen molar-refractivity contribution in [3.8, 4) is 57.1 Å². The van der Waals surface area contributed by atoms with Crippen molar-refractivity contribution in [2.24, 2.45) is 0 Å². The molecule has 0 radical (unpaired) electrons. The first-order valence-corrected chi connectivity index (χ1v) is 14.3. The maximum Gasteiger partial charge on any atom is 0.143 e. The molecule has 8 aromatic rings. The molecule has 0 atom stereocenters. The minimum absolute atomic E-state index is 0. The van der Waals surface area contributed by atoms with E-state index in [2.05, 4.69) is 39.9 Å². The van der Waals surface area contributed by atoms with Crippen LogP contribution in [-0.4, -0.2) is 50.1 Å². The summed E-state index contributed by atoms with van der Waals surface area (Å²) in [4.78, 5) is 36.0. The van der Waals surface area contributed by atoms with Crippen LogP contribution in [0, 0.1) is 0 Å². The number of phenolic OH excluding ortho intramolecular Hbond substituents is 2. The van der Waals surface area contributed by atoms with Gasteiger partial charge in [-0.25, -0.2) is 19.9 Å². The van der Waals surface area contributed by atoms with Gasteiger partial charge in [0, 0.05) is 44.3 Å². The number of para-hydroxylation sites is 2. The molecule has 0 fully saturated rings. The van der Waals surface area contributed by atoms with Crippen molar-refractivity contribution >= 4 is 22.1 Å². The first-order valence-electron chi connectivity index (χ1n) is 14.3. The summed E-state index contributed by atoms with van der Waals surface area (Å²) in [6.07, 6.45) is 6.83. The smallest absolute Gasteiger partial charge is 0.143 e. The Bertz CT molecular complexity index is 2120. The Morgan fingerprint density at radius 2 is 0.660 bits per heavy atom. The maximum absolute atomic E-state index is 10.1. The second kappa shape index (κ2) is 13.9. The zero-order valence-corrected chi connectivity index (χ0v) is 27.8. The predicted octanol–water partition coefficient (Wildman–Crippen LogP) is 6.92. The quantitative estimate of drug-likeness (QED) is 0.190. The van der Waals surface area contributed by atoms with Crippen LogP contribution in [-0.2, 0) is 19.5 Å². The topological polar surface area (TPSA) is 144 Å². The minimum atomic E-state index is 0. The predicted molar refractivity (Wildman–Crippen MR) is 175 cm³/mol. The molecule has 2 aromatic carbocycles. The fraction of sp³-hybridized carbons (Fsp3) is 0. The molecule has 47 heavy (non-hydrogen) atoms. The maximum atomic E-state index is 10.1. The van der Waals surface area contributed by atoms with Crippen LogP contribution in [0.15, 0.2) is 134 Å². The Labute approximate surface area is 281 Å². The summed E-state index contributed by atoms with van der Waals surface area (Å²) in [6, 6.07) is 32.8. The molecular weight excluding hydrogens is 642 g/mol. The van der Waals surface area contributed by atoms with Crippen LogP contribution in [0.2, 0.25) is 0 Å². The molecule has 0 saturated heterocycles. The van der Waals surface area contributed by atoms with E-state index in [1.807, 2.05) is 84.9 Å². The average molecular weight is 666 g/mol. The number of hydrogen-bond acceptors (Lipinski definition) is 10. The van der Waals surface area contributed by atoms with E-state index in [1.165, 1.54) is 0 Å². The number of pyridine rings is 4. The SMILES string of the molecule is Oc1cccc2nc(-c3ccccn3)c(-c3ccccn3)nc12.Oc1cccc2nc(-c3ccccn3)c(-c3ccccn3)nc12.[Zn]. The van der Waals surface area contributed by atoms with Gasteiger partial charge in [-0.2, -0.15) is 0 Å². The summed E-state index contributed by atoms with van der Waals surface area (Å²) in [5.41, 5.74) is 7.41. The largest absolute Gasteiger partial charge is 0.506 e. The number of phenols is 2. The Balaban J connectivity index is 0.000000161. The van der Waals surface area contributed by atoms with Gasteiger partial charge in [-0.05, 0) is 72.8 Å². The van der Waals surface area contributed by atoms with Gasteiger partial charge in [0.05, 0.1) is 33.8 Å². The summed E-state index contributed by atoms with van der Waals surface area (Å²) in [5, 5.41) is 20.1. The molecule has 222 valence electrons. The number of benzene rings is 2.